The third-order valence-electron chi connectivity index (χ3n) is 2.36. The molecule has 0 unspecified atom stereocenters. The van der Waals surface area contributed by atoms with Crippen molar-refractivity contribution in [2.75, 3.05) is 0 Å². The molecule has 1 aromatic rings. The smallest absolute Gasteiger partial charge is 0.417 e. The summed E-state index contributed by atoms with van der Waals surface area (Å²) < 4.78 is 38.2. The number of alkyl halides is 3. The highest BCUT2D eigenvalue weighted by Crippen LogP contribution is 2.36. The van der Waals surface area contributed by atoms with E-state index in [0.717, 1.165) is 0 Å². The average molecular weight is 244 g/mol. The first-order valence-corrected chi connectivity index (χ1v) is 4.75. The number of aromatic carboxylic acids is 1. The van der Waals surface area contributed by atoms with E-state index in [1.165, 1.54) is 19.9 Å². The van der Waals surface area contributed by atoms with E-state index >= 15 is 0 Å². The highest BCUT2D eigenvalue weighted by molar-refractivity contribution is 5.90. The van der Waals surface area contributed by atoms with Crippen molar-refractivity contribution in [3.8, 4) is 0 Å². The fourth-order valence-corrected chi connectivity index (χ4v) is 1.53. The van der Waals surface area contributed by atoms with E-state index in [1.807, 2.05) is 0 Å². The molecule has 0 atom stereocenters. The van der Waals surface area contributed by atoms with Crippen molar-refractivity contribution in [3.05, 3.63) is 41.0 Å². The van der Waals surface area contributed by atoms with Crippen molar-refractivity contribution in [1.29, 1.82) is 0 Å². The molecule has 0 amide bonds. The number of hydrogen-bond acceptors (Lipinski definition) is 1. The molecule has 0 saturated carbocycles. The monoisotopic (exact) mass is 244 g/mol. The fourth-order valence-electron chi connectivity index (χ4n) is 1.53. The minimum absolute atomic E-state index is 0.0694. The van der Waals surface area contributed by atoms with Crippen LogP contribution in [-0.2, 0) is 6.18 Å². The van der Waals surface area contributed by atoms with E-state index in [0.29, 0.717) is 6.07 Å². The van der Waals surface area contributed by atoms with Gasteiger partial charge < -0.3 is 5.11 Å². The van der Waals surface area contributed by atoms with E-state index in [9.17, 15) is 18.0 Å². The van der Waals surface area contributed by atoms with E-state index in [-0.39, 0.29) is 22.3 Å². The Kier molecular flexibility index (Phi) is 3.31. The zero-order valence-electron chi connectivity index (χ0n) is 9.35. The average Bonchev–Trinajstić information content (AvgIpc) is 2.14. The van der Waals surface area contributed by atoms with Crippen LogP contribution in [0.4, 0.5) is 13.2 Å². The number of carboxylic acids is 1. The number of carbonyl (C=O) groups is 1. The number of benzene rings is 1. The zero-order chi connectivity index (χ0) is 13.4. The lowest BCUT2D eigenvalue weighted by molar-refractivity contribution is -0.137. The summed E-state index contributed by atoms with van der Waals surface area (Å²) in [7, 11) is 0. The Morgan fingerprint density at radius 1 is 1.29 bits per heavy atom. The normalized spacial score (nSPS) is 11.4. The molecule has 1 rings (SSSR count). The molecule has 0 spiro atoms. The minimum Gasteiger partial charge on any atom is -0.478 e. The summed E-state index contributed by atoms with van der Waals surface area (Å²) in [6.07, 6.45) is -4.59. The van der Waals surface area contributed by atoms with E-state index in [4.69, 9.17) is 5.11 Å². The van der Waals surface area contributed by atoms with Crippen LogP contribution in [0, 0.1) is 6.92 Å². The molecule has 0 heterocycles. The van der Waals surface area contributed by atoms with Gasteiger partial charge in [-0.3, -0.25) is 0 Å². The number of allylic oxidation sites excluding steroid dienone is 1. The number of aryl methyl sites for hydroxylation is 1. The van der Waals surface area contributed by atoms with Crippen molar-refractivity contribution < 1.29 is 23.1 Å². The molecule has 2 nitrogen and oxygen atoms in total. The number of rotatable bonds is 2. The Bertz CT molecular complexity index is 487. The molecule has 0 fully saturated rings. The number of halogens is 3. The van der Waals surface area contributed by atoms with E-state index in [2.05, 4.69) is 6.58 Å². The van der Waals surface area contributed by atoms with Crippen molar-refractivity contribution >= 4 is 11.5 Å². The second-order valence-electron chi connectivity index (χ2n) is 3.80. The van der Waals surface area contributed by atoms with Gasteiger partial charge in [0.2, 0.25) is 0 Å². The third-order valence-corrected chi connectivity index (χ3v) is 2.36. The van der Waals surface area contributed by atoms with E-state index in [1.54, 1.807) is 0 Å². The first-order chi connectivity index (χ1) is 7.64. The lowest BCUT2D eigenvalue weighted by atomic mass is 9.95. The Hall–Kier alpha value is -1.78. The molecule has 0 saturated heterocycles. The van der Waals surface area contributed by atoms with Crippen molar-refractivity contribution in [2.45, 2.75) is 20.0 Å². The quantitative estimate of drug-likeness (QED) is 0.860. The molecule has 92 valence electrons. The first kappa shape index (κ1) is 13.3. The van der Waals surface area contributed by atoms with Crippen LogP contribution in [0.1, 0.15) is 34.0 Å². The van der Waals surface area contributed by atoms with Gasteiger partial charge >= 0.3 is 12.1 Å². The van der Waals surface area contributed by atoms with Crippen LogP contribution >= 0.6 is 0 Å². The molecular weight excluding hydrogens is 233 g/mol. The summed E-state index contributed by atoms with van der Waals surface area (Å²) in [5, 5.41) is 8.80. The van der Waals surface area contributed by atoms with Crippen molar-refractivity contribution in [2.24, 2.45) is 0 Å². The molecule has 1 aromatic carbocycles. The lowest BCUT2D eigenvalue weighted by Gasteiger charge is -2.15. The van der Waals surface area contributed by atoms with Crippen LogP contribution in [0.15, 0.2) is 18.7 Å². The SMILES string of the molecule is C=C(C)c1cc(C)c(C(=O)O)cc1C(F)(F)F. The van der Waals surface area contributed by atoms with Gasteiger partial charge in [0.25, 0.3) is 0 Å². The fraction of sp³-hybridized carbons (Fsp3) is 0.250. The Morgan fingerprint density at radius 3 is 2.18 bits per heavy atom. The number of hydrogen-bond donors (Lipinski definition) is 1. The predicted octanol–water partition coefficient (Wildman–Crippen LogP) is 3.75. The molecule has 0 aromatic heterocycles. The second-order valence-corrected chi connectivity index (χ2v) is 3.80. The van der Waals surface area contributed by atoms with Gasteiger partial charge in [-0.1, -0.05) is 18.2 Å². The molecule has 0 aliphatic carbocycles. The van der Waals surface area contributed by atoms with Gasteiger partial charge in [-0.15, -0.1) is 0 Å². The largest absolute Gasteiger partial charge is 0.478 e. The molecular formula is C12H11F3O2. The standard InChI is InChI=1S/C12H11F3O2/c1-6(2)8-4-7(3)9(11(16)17)5-10(8)12(13,14)15/h4-5H,1H2,2-3H3,(H,16,17). The second kappa shape index (κ2) is 4.24. The van der Waals surface area contributed by atoms with Gasteiger partial charge in [-0.05, 0) is 31.0 Å². The Labute approximate surface area is 96.4 Å². The molecule has 0 bridgehead atoms. The van der Waals surface area contributed by atoms with Gasteiger partial charge in [0.15, 0.2) is 0 Å². The van der Waals surface area contributed by atoms with Gasteiger partial charge in [-0.2, -0.15) is 13.2 Å². The van der Waals surface area contributed by atoms with Crippen LogP contribution in [-0.4, -0.2) is 11.1 Å². The summed E-state index contributed by atoms with van der Waals surface area (Å²) in [6.45, 7) is 6.37. The Balaban J connectivity index is 3.60. The number of carboxylic acid groups (broad SMARTS) is 1. The van der Waals surface area contributed by atoms with Crippen LogP contribution in [0.5, 0.6) is 0 Å². The molecule has 0 aliphatic heterocycles. The van der Waals surface area contributed by atoms with Crippen molar-refractivity contribution in [1.82, 2.24) is 0 Å². The summed E-state index contributed by atoms with van der Waals surface area (Å²) in [5.74, 6) is -1.37. The zero-order valence-corrected chi connectivity index (χ0v) is 9.35. The first-order valence-electron chi connectivity index (χ1n) is 4.75. The van der Waals surface area contributed by atoms with Crippen LogP contribution in [0.3, 0.4) is 0 Å². The lowest BCUT2D eigenvalue weighted by Crippen LogP contribution is -2.12. The Morgan fingerprint density at radius 2 is 1.82 bits per heavy atom. The summed E-state index contributed by atoms with van der Waals surface area (Å²) in [5.41, 5.74) is -0.851. The highest BCUT2D eigenvalue weighted by atomic mass is 19.4. The molecule has 1 N–H and O–H groups in total. The topological polar surface area (TPSA) is 37.3 Å². The van der Waals surface area contributed by atoms with E-state index < -0.39 is 17.7 Å². The van der Waals surface area contributed by atoms with Gasteiger partial charge in [-0.25, -0.2) is 4.79 Å². The van der Waals surface area contributed by atoms with Gasteiger partial charge in [0, 0.05) is 0 Å². The summed E-state index contributed by atoms with van der Waals surface area (Å²) >= 11 is 0. The maximum Gasteiger partial charge on any atom is 0.417 e. The molecule has 5 heteroatoms. The highest BCUT2D eigenvalue weighted by Gasteiger charge is 2.34. The minimum atomic E-state index is -4.59. The van der Waals surface area contributed by atoms with Crippen LogP contribution in [0.25, 0.3) is 5.57 Å². The maximum absolute atomic E-state index is 12.7. The van der Waals surface area contributed by atoms with Gasteiger partial charge in [0.1, 0.15) is 0 Å². The summed E-state index contributed by atoms with van der Waals surface area (Å²) in [6, 6.07) is 1.86. The maximum atomic E-state index is 12.7. The molecule has 0 aliphatic rings. The van der Waals surface area contributed by atoms with Gasteiger partial charge in [0.05, 0.1) is 11.1 Å². The van der Waals surface area contributed by atoms with Crippen LogP contribution in [0.2, 0.25) is 0 Å². The third kappa shape index (κ3) is 2.67. The van der Waals surface area contributed by atoms with Crippen molar-refractivity contribution in [3.63, 3.8) is 0 Å². The van der Waals surface area contributed by atoms with Crippen LogP contribution < -0.4 is 0 Å². The molecule has 17 heavy (non-hydrogen) atoms. The predicted molar refractivity (Wildman–Crippen MR) is 57.8 cm³/mol. The summed E-state index contributed by atoms with van der Waals surface area (Å²) in [4.78, 5) is 10.8. The molecule has 0 radical (unpaired) electrons.